The summed E-state index contributed by atoms with van der Waals surface area (Å²) < 4.78 is 20.7. The molecule has 0 bridgehead atoms. The fourth-order valence-corrected chi connectivity index (χ4v) is 2.88. The fraction of sp³-hybridized carbons (Fsp3) is 1.00. The molecule has 0 amide bonds. The first kappa shape index (κ1) is 22.8. The molecule has 10 atom stereocenters. The van der Waals surface area contributed by atoms with Crippen molar-refractivity contribution in [3.05, 3.63) is 0 Å². The van der Waals surface area contributed by atoms with Gasteiger partial charge in [-0.25, -0.2) is 0 Å². The van der Waals surface area contributed by atoms with Crippen LogP contribution < -0.4 is 0 Å². The second kappa shape index (κ2) is 9.32. The molecule has 0 aliphatic carbocycles. The minimum atomic E-state index is -2.28. The minimum absolute atomic E-state index is 0.722. The van der Waals surface area contributed by atoms with Crippen molar-refractivity contribution in [2.24, 2.45) is 0 Å². The molecule has 2 aliphatic rings. The number of ether oxygens (including phenoxy) is 4. The molecular formula is C14H26O13. The maximum absolute atomic E-state index is 10.3. The van der Waals surface area contributed by atoms with Crippen LogP contribution in [0, 0.1) is 0 Å². The molecule has 13 nitrogen and oxygen atoms in total. The Labute approximate surface area is 153 Å². The summed E-state index contributed by atoms with van der Waals surface area (Å²) in [7, 11) is 0. The summed E-state index contributed by atoms with van der Waals surface area (Å²) in [6.45, 7) is -3.04. The monoisotopic (exact) mass is 402 g/mol. The van der Waals surface area contributed by atoms with E-state index < -0.39 is 87.5 Å². The van der Waals surface area contributed by atoms with E-state index in [0.717, 1.165) is 0 Å². The molecule has 0 aromatic heterocycles. The van der Waals surface area contributed by atoms with Crippen LogP contribution in [0.4, 0.5) is 0 Å². The van der Waals surface area contributed by atoms with Crippen LogP contribution in [0.2, 0.25) is 0 Å². The molecule has 27 heavy (non-hydrogen) atoms. The van der Waals surface area contributed by atoms with Crippen molar-refractivity contribution in [3.8, 4) is 0 Å². The van der Waals surface area contributed by atoms with E-state index in [1.54, 1.807) is 0 Å². The number of hydrogen-bond acceptors (Lipinski definition) is 13. The van der Waals surface area contributed by atoms with Crippen LogP contribution in [-0.2, 0) is 18.9 Å². The third-order valence-corrected chi connectivity index (χ3v) is 4.48. The molecule has 0 saturated carbocycles. The lowest BCUT2D eigenvalue weighted by atomic mass is 9.99. The van der Waals surface area contributed by atoms with Gasteiger partial charge in [-0.2, -0.15) is 0 Å². The Kier molecular flexibility index (Phi) is 7.86. The SMILES string of the molecule is OCC(O)OC[C@@]1(O[C@H]2O[C@H](CO)[C@@H](O)[C@H](O)[C@H]2O)O[C@H](CO)[C@@H](O)[C@@H]1O. The Morgan fingerprint density at radius 2 is 1.48 bits per heavy atom. The van der Waals surface area contributed by atoms with E-state index in [-0.39, 0.29) is 0 Å². The van der Waals surface area contributed by atoms with Gasteiger partial charge in [0.1, 0.15) is 49.3 Å². The van der Waals surface area contributed by atoms with Gasteiger partial charge in [-0.3, -0.25) is 0 Å². The molecule has 2 aliphatic heterocycles. The predicted molar refractivity (Wildman–Crippen MR) is 80.6 cm³/mol. The summed E-state index contributed by atoms with van der Waals surface area (Å²) in [5, 5.41) is 86.7. The van der Waals surface area contributed by atoms with Gasteiger partial charge in [0.2, 0.25) is 5.79 Å². The highest BCUT2D eigenvalue weighted by atomic mass is 16.8. The molecule has 9 N–H and O–H groups in total. The van der Waals surface area contributed by atoms with Crippen LogP contribution >= 0.6 is 0 Å². The molecule has 0 aromatic carbocycles. The van der Waals surface area contributed by atoms with Gasteiger partial charge in [-0.15, -0.1) is 0 Å². The molecule has 0 spiro atoms. The Morgan fingerprint density at radius 3 is 2.00 bits per heavy atom. The zero-order chi connectivity index (χ0) is 20.4. The van der Waals surface area contributed by atoms with Crippen LogP contribution in [0.15, 0.2) is 0 Å². The van der Waals surface area contributed by atoms with Crippen molar-refractivity contribution in [2.45, 2.75) is 61.1 Å². The summed E-state index contributed by atoms with van der Waals surface area (Å²) in [5.74, 6) is -2.28. The first-order chi connectivity index (χ1) is 12.7. The van der Waals surface area contributed by atoms with Crippen molar-refractivity contribution >= 4 is 0 Å². The first-order valence-corrected chi connectivity index (χ1v) is 8.24. The van der Waals surface area contributed by atoms with Crippen molar-refractivity contribution < 1.29 is 64.9 Å². The molecule has 2 rings (SSSR count). The zero-order valence-electron chi connectivity index (χ0n) is 14.2. The number of aliphatic hydroxyl groups is 9. The van der Waals surface area contributed by atoms with Gasteiger partial charge >= 0.3 is 0 Å². The molecule has 2 heterocycles. The largest absolute Gasteiger partial charge is 0.394 e. The summed E-state index contributed by atoms with van der Waals surface area (Å²) >= 11 is 0. The fourth-order valence-electron chi connectivity index (χ4n) is 2.88. The lowest BCUT2D eigenvalue weighted by Crippen LogP contribution is -2.63. The Bertz CT molecular complexity index is 464. The van der Waals surface area contributed by atoms with Gasteiger partial charge in [0.15, 0.2) is 12.6 Å². The lowest BCUT2D eigenvalue weighted by molar-refractivity contribution is -0.390. The van der Waals surface area contributed by atoms with Gasteiger partial charge in [0, 0.05) is 0 Å². The highest BCUT2D eigenvalue weighted by molar-refractivity contribution is 4.98. The van der Waals surface area contributed by atoms with Crippen molar-refractivity contribution in [1.82, 2.24) is 0 Å². The Balaban J connectivity index is 2.23. The maximum atomic E-state index is 10.3. The average Bonchev–Trinajstić information content (AvgIpc) is 2.91. The van der Waals surface area contributed by atoms with Crippen LogP contribution in [0.5, 0.6) is 0 Å². The number of rotatable bonds is 8. The van der Waals surface area contributed by atoms with E-state index in [1.165, 1.54) is 0 Å². The molecular weight excluding hydrogens is 376 g/mol. The second-order valence-corrected chi connectivity index (χ2v) is 6.35. The summed E-state index contributed by atoms with van der Waals surface area (Å²) in [4.78, 5) is 0. The van der Waals surface area contributed by atoms with E-state index in [9.17, 15) is 40.9 Å². The van der Waals surface area contributed by atoms with Gasteiger partial charge in [0.25, 0.3) is 0 Å². The maximum Gasteiger partial charge on any atom is 0.224 e. The molecule has 13 heteroatoms. The van der Waals surface area contributed by atoms with E-state index in [2.05, 4.69) is 0 Å². The summed E-state index contributed by atoms with van der Waals surface area (Å²) in [6, 6.07) is 0. The quantitative estimate of drug-likeness (QED) is 0.173. The molecule has 160 valence electrons. The Hall–Kier alpha value is -0.520. The van der Waals surface area contributed by atoms with E-state index in [1.807, 2.05) is 0 Å². The smallest absolute Gasteiger partial charge is 0.224 e. The van der Waals surface area contributed by atoms with Crippen LogP contribution in [-0.4, -0.2) is 133 Å². The van der Waals surface area contributed by atoms with Gasteiger partial charge in [0.05, 0.1) is 19.8 Å². The highest BCUT2D eigenvalue weighted by Crippen LogP contribution is 2.36. The van der Waals surface area contributed by atoms with E-state index in [0.29, 0.717) is 0 Å². The average molecular weight is 402 g/mol. The third kappa shape index (κ3) is 4.56. The van der Waals surface area contributed by atoms with Crippen LogP contribution in [0.1, 0.15) is 0 Å². The summed E-state index contributed by atoms with van der Waals surface area (Å²) in [5.41, 5.74) is 0. The molecule has 0 aromatic rings. The van der Waals surface area contributed by atoms with Crippen molar-refractivity contribution in [3.63, 3.8) is 0 Å². The second-order valence-electron chi connectivity index (χ2n) is 6.35. The minimum Gasteiger partial charge on any atom is -0.394 e. The van der Waals surface area contributed by atoms with Crippen molar-refractivity contribution in [1.29, 1.82) is 0 Å². The molecule has 0 radical (unpaired) electrons. The normalized spacial score (nSPS) is 46.6. The molecule has 2 fully saturated rings. The zero-order valence-corrected chi connectivity index (χ0v) is 14.2. The highest BCUT2D eigenvalue weighted by Gasteiger charge is 2.59. The molecule has 1 unspecified atom stereocenters. The van der Waals surface area contributed by atoms with Gasteiger partial charge < -0.3 is 64.9 Å². The summed E-state index contributed by atoms with van der Waals surface area (Å²) in [6.07, 6.45) is -14.9. The third-order valence-electron chi connectivity index (χ3n) is 4.48. The topological polar surface area (TPSA) is 219 Å². The first-order valence-electron chi connectivity index (χ1n) is 8.24. The number of hydrogen-bond donors (Lipinski definition) is 9. The lowest BCUT2D eigenvalue weighted by Gasteiger charge is -2.43. The van der Waals surface area contributed by atoms with Crippen LogP contribution in [0.25, 0.3) is 0 Å². The number of aliphatic hydroxyl groups excluding tert-OH is 9. The standard InChI is InChI=1S/C14H26O13/c15-1-5-8(19)10(21)11(22)13(25-5)27-14(4-24-7(18)3-17)12(23)9(20)6(2-16)26-14/h5-13,15-23H,1-4H2/t5-,6-,7?,8-,9-,10+,11-,12+,13-,14+/m1/s1. The van der Waals surface area contributed by atoms with Gasteiger partial charge in [-0.05, 0) is 0 Å². The van der Waals surface area contributed by atoms with Gasteiger partial charge in [-0.1, -0.05) is 0 Å². The van der Waals surface area contributed by atoms with Crippen molar-refractivity contribution in [2.75, 3.05) is 26.4 Å². The predicted octanol–water partition coefficient (Wildman–Crippen LogP) is -6.06. The van der Waals surface area contributed by atoms with Crippen LogP contribution in [0.3, 0.4) is 0 Å². The molecule has 2 saturated heterocycles. The van der Waals surface area contributed by atoms with E-state index >= 15 is 0 Å². The van der Waals surface area contributed by atoms with E-state index in [4.69, 9.17) is 24.1 Å². The Morgan fingerprint density at radius 1 is 0.852 bits per heavy atom.